The molecule has 0 saturated heterocycles. The quantitative estimate of drug-likeness (QED) is 0.857. The zero-order valence-electron chi connectivity index (χ0n) is 9.43. The van der Waals surface area contributed by atoms with E-state index < -0.39 is 0 Å². The molecule has 1 atom stereocenters. The van der Waals surface area contributed by atoms with Gasteiger partial charge in [0.2, 0.25) is 0 Å². The summed E-state index contributed by atoms with van der Waals surface area (Å²) in [6.45, 7) is 4.81. The molecule has 2 N–H and O–H groups in total. The van der Waals surface area contributed by atoms with E-state index in [1.807, 2.05) is 19.9 Å². The van der Waals surface area contributed by atoms with Crippen LogP contribution in [0.3, 0.4) is 0 Å². The first-order valence-corrected chi connectivity index (χ1v) is 6.75. The molecule has 1 heterocycles. The lowest BCUT2D eigenvalue weighted by molar-refractivity contribution is 0.168. The molecule has 0 bridgehead atoms. The number of rotatable bonds is 5. The molecular formula is C11H16Br2N2O. The molecule has 5 heteroatoms. The fraction of sp³-hybridized carbons (Fsp3) is 0.545. The monoisotopic (exact) mass is 350 g/mol. The van der Waals surface area contributed by atoms with Crippen LogP contribution in [-0.4, -0.2) is 22.2 Å². The first-order valence-electron chi connectivity index (χ1n) is 5.16. The summed E-state index contributed by atoms with van der Waals surface area (Å²) in [5.74, 6) is 0. The molecule has 0 radical (unpaired) electrons. The standard InChI is InChI=1S/C11H16Br2N2O/c1-3-11(2,7-16)15-6-10-9(13)4-8(12)5-14-10/h4-5,15-16H,3,6-7H2,1-2H3. The maximum atomic E-state index is 9.27. The third-order valence-electron chi connectivity index (χ3n) is 2.70. The van der Waals surface area contributed by atoms with Crippen molar-refractivity contribution in [1.82, 2.24) is 10.3 Å². The van der Waals surface area contributed by atoms with Crippen LogP contribution in [0, 0.1) is 0 Å². The minimum Gasteiger partial charge on any atom is -0.394 e. The average Bonchev–Trinajstić information content (AvgIpc) is 2.27. The summed E-state index contributed by atoms with van der Waals surface area (Å²) < 4.78 is 1.91. The first-order chi connectivity index (χ1) is 7.50. The Balaban J connectivity index is 2.67. The fourth-order valence-electron chi connectivity index (χ4n) is 1.16. The van der Waals surface area contributed by atoms with Crippen LogP contribution in [0.15, 0.2) is 21.2 Å². The fourth-order valence-corrected chi connectivity index (χ4v) is 2.29. The summed E-state index contributed by atoms with van der Waals surface area (Å²) in [4.78, 5) is 4.31. The van der Waals surface area contributed by atoms with E-state index in [1.54, 1.807) is 6.20 Å². The number of hydrogen-bond acceptors (Lipinski definition) is 3. The largest absolute Gasteiger partial charge is 0.394 e. The minimum atomic E-state index is -0.242. The summed E-state index contributed by atoms with van der Waals surface area (Å²) in [6, 6.07) is 1.96. The molecule has 16 heavy (non-hydrogen) atoms. The number of nitrogens with zero attached hydrogens (tertiary/aromatic N) is 1. The molecule has 0 aromatic carbocycles. The van der Waals surface area contributed by atoms with Gasteiger partial charge in [0.1, 0.15) is 0 Å². The Labute approximate surface area is 113 Å². The molecule has 0 aliphatic rings. The van der Waals surface area contributed by atoms with Crippen molar-refractivity contribution in [2.24, 2.45) is 0 Å². The van der Waals surface area contributed by atoms with Gasteiger partial charge >= 0.3 is 0 Å². The Morgan fingerprint density at radius 3 is 2.69 bits per heavy atom. The van der Waals surface area contributed by atoms with Crippen LogP contribution in [0.2, 0.25) is 0 Å². The van der Waals surface area contributed by atoms with Crippen LogP contribution >= 0.6 is 31.9 Å². The Morgan fingerprint density at radius 2 is 2.19 bits per heavy atom. The van der Waals surface area contributed by atoms with Crippen molar-refractivity contribution in [2.75, 3.05) is 6.61 Å². The molecule has 0 amide bonds. The van der Waals surface area contributed by atoms with Gasteiger partial charge in [-0.15, -0.1) is 0 Å². The highest BCUT2D eigenvalue weighted by Crippen LogP contribution is 2.20. The van der Waals surface area contributed by atoms with E-state index >= 15 is 0 Å². The van der Waals surface area contributed by atoms with Crippen LogP contribution in [-0.2, 0) is 6.54 Å². The lowest BCUT2D eigenvalue weighted by atomic mass is 10.0. The van der Waals surface area contributed by atoms with Gasteiger partial charge in [0.15, 0.2) is 0 Å². The molecule has 1 aromatic heterocycles. The maximum Gasteiger partial charge on any atom is 0.0684 e. The number of aliphatic hydroxyl groups is 1. The van der Waals surface area contributed by atoms with Crippen LogP contribution in [0.4, 0.5) is 0 Å². The molecule has 3 nitrogen and oxygen atoms in total. The second-order valence-corrected chi connectivity index (χ2v) is 5.78. The van der Waals surface area contributed by atoms with E-state index in [2.05, 4.69) is 42.2 Å². The van der Waals surface area contributed by atoms with Gasteiger partial charge in [-0.05, 0) is 51.3 Å². The third kappa shape index (κ3) is 3.80. The van der Waals surface area contributed by atoms with Crippen molar-refractivity contribution in [3.8, 4) is 0 Å². The van der Waals surface area contributed by atoms with Crippen molar-refractivity contribution in [2.45, 2.75) is 32.4 Å². The van der Waals surface area contributed by atoms with E-state index in [0.29, 0.717) is 6.54 Å². The molecule has 0 saturated carbocycles. The molecule has 0 aliphatic carbocycles. The van der Waals surface area contributed by atoms with E-state index in [0.717, 1.165) is 21.1 Å². The Hall–Kier alpha value is 0.0300. The van der Waals surface area contributed by atoms with Crippen molar-refractivity contribution in [3.05, 3.63) is 26.9 Å². The number of nitrogens with one attached hydrogen (secondary N) is 1. The van der Waals surface area contributed by atoms with Crippen molar-refractivity contribution < 1.29 is 5.11 Å². The predicted octanol–water partition coefficient (Wildman–Crippen LogP) is 2.86. The highest BCUT2D eigenvalue weighted by molar-refractivity contribution is 9.11. The third-order valence-corrected chi connectivity index (χ3v) is 3.82. The van der Waals surface area contributed by atoms with E-state index in [4.69, 9.17) is 0 Å². The Kier molecular flexibility index (Phi) is 5.37. The Bertz CT molecular complexity index is 354. The molecule has 90 valence electrons. The maximum absolute atomic E-state index is 9.27. The number of hydrogen-bond donors (Lipinski definition) is 2. The SMILES string of the molecule is CCC(C)(CO)NCc1ncc(Br)cc1Br. The van der Waals surface area contributed by atoms with Crippen molar-refractivity contribution >= 4 is 31.9 Å². The summed E-state index contributed by atoms with van der Waals surface area (Å²) in [6.07, 6.45) is 2.64. The van der Waals surface area contributed by atoms with Gasteiger partial charge < -0.3 is 10.4 Å². The lowest BCUT2D eigenvalue weighted by Gasteiger charge is -2.27. The molecule has 0 aliphatic heterocycles. The summed E-state index contributed by atoms with van der Waals surface area (Å²) in [5.41, 5.74) is 0.699. The molecule has 1 rings (SSSR count). The van der Waals surface area contributed by atoms with E-state index in [1.165, 1.54) is 0 Å². The van der Waals surface area contributed by atoms with Gasteiger partial charge in [0.25, 0.3) is 0 Å². The molecule has 1 unspecified atom stereocenters. The van der Waals surface area contributed by atoms with Gasteiger partial charge in [0.05, 0.1) is 12.3 Å². The van der Waals surface area contributed by atoms with E-state index in [9.17, 15) is 5.11 Å². The first kappa shape index (κ1) is 14.1. The van der Waals surface area contributed by atoms with E-state index in [-0.39, 0.29) is 12.1 Å². The highest BCUT2D eigenvalue weighted by Gasteiger charge is 2.20. The van der Waals surface area contributed by atoms with Crippen LogP contribution in [0.5, 0.6) is 0 Å². The van der Waals surface area contributed by atoms with Crippen LogP contribution in [0.1, 0.15) is 26.0 Å². The van der Waals surface area contributed by atoms with Gasteiger partial charge in [-0.1, -0.05) is 6.92 Å². The number of halogens is 2. The van der Waals surface area contributed by atoms with Gasteiger partial charge in [-0.2, -0.15) is 0 Å². The molecule has 1 aromatic rings. The van der Waals surface area contributed by atoms with Crippen molar-refractivity contribution in [3.63, 3.8) is 0 Å². The summed E-state index contributed by atoms with van der Waals surface area (Å²) >= 11 is 6.82. The highest BCUT2D eigenvalue weighted by atomic mass is 79.9. The van der Waals surface area contributed by atoms with Crippen LogP contribution in [0.25, 0.3) is 0 Å². The molecular weight excluding hydrogens is 336 g/mol. The van der Waals surface area contributed by atoms with Crippen molar-refractivity contribution in [1.29, 1.82) is 0 Å². The van der Waals surface area contributed by atoms with Crippen LogP contribution < -0.4 is 5.32 Å². The lowest BCUT2D eigenvalue weighted by Crippen LogP contribution is -2.44. The number of aliphatic hydroxyl groups excluding tert-OH is 1. The number of aromatic nitrogens is 1. The normalized spacial score (nSPS) is 14.8. The van der Waals surface area contributed by atoms with Gasteiger partial charge in [0, 0.05) is 27.2 Å². The Morgan fingerprint density at radius 1 is 1.50 bits per heavy atom. The van der Waals surface area contributed by atoms with Gasteiger partial charge in [-0.25, -0.2) is 0 Å². The summed E-state index contributed by atoms with van der Waals surface area (Å²) in [5, 5.41) is 12.6. The summed E-state index contributed by atoms with van der Waals surface area (Å²) in [7, 11) is 0. The van der Waals surface area contributed by atoms with Gasteiger partial charge in [-0.3, -0.25) is 4.98 Å². The molecule has 0 spiro atoms. The minimum absolute atomic E-state index is 0.123. The predicted molar refractivity (Wildman–Crippen MR) is 72.3 cm³/mol. The molecule has 0 fully saturated rings. The average molecular weight is 352 g/mol. The zero-order valence-corrected chi connectivity index (χ0v) is 12.6. The topological polar surface area (TPSA) is 45.1 Å². The second-order valence-electron chi connectivity index (χ2n) is 4.01. The second kappa shape index (κ2) is 6.10. The number of pyridine rings is 1. The zero-order chi connectivity index (χ0) is 12.2. The smallest absolute Gasteiger partial charge is 0.0684 e.